The second-order valence-electron chi connectivity index (χ2n) is 7.25. The van der Waals surface area contributed by atoms with Crippen molar-refractivity contribution >= 4 is 22.6 Å². The average Bonchev–Trinajstić information content (AvgIpc) is 2.69. The number of fused-ring (bicyclic) bond motifs is 1. The van der Waals surface area contributed by atoms with Gasteiger partial charge >= 0.3 is 5.97 Å². The maximum atomic E-state index is 12.2. The summed E-state index contributed by atoms with van der Waals surface area (Å²) in [6.45, 7) is 0.254. The third-order valence-corrected chi connectivity index (χ3v) is 5.00. The van der Waals surface area contributed by atoms with Crippen molar-refractivity contribution in [2.24, 2.45) is 0 Å². The zero-order chi connectivity index (χ0) is 20.2. The van der Waals surface area contributed by atoms with Crippen molar-refractivity contribution in [2.75, 3.05) is 6.61 Å². The minimum Gasteiger partial charge on any atom is -0.480 e. The number of aliphatic hydroxyl groups is 1. The second kappa shape index (κ2) is 12.1. The quantitative estimate of drug-likeness (QED) is 0.454. The van der Waals surface area contributed by atoms with Crippen LogP contribution in [0, 0.1) is 0 Å². The number of rotatable bonds is 13. The first-order valence-electron chi connectivity index (χ1n) is 10.2. The summed E-state index contributed by atoms with van der Waals surface area (Å²) in [7, 11) is 0. The van der Waals surface area contributed by atoms with Crippen LogP contribution in [0.15, 0.2) is 42.5 Å². The second-order valence-corrected chi connectivity index (χ2v) is 7.25. The van der Waals surface area contributed by atoms with E-state index in [9.17, 15) is 14.7 Å². The number of benzene rings is 2. The molecule has 0 aliphatic heterocycles. The number of carboxylic acids is 1. The highest BCUT2D eigenvalue weighted by molar-refractivity contribution is 5.88. The molecule has 0 spiro atoms. The Labute approximate surface area is 166 Å². The predicted octanol–water partition coefficient (Wildman–Crippen LogP) is 4.06. The number of carboxylic acid groups (broad SMARTS) is 1. The number of nitrogens with one attached hydrogen (secondary N) is 1. The van der Waals surface area contributed by atoms with Gasteiger partial charge in [0, 0.05) is 19.4 Å². The first-order valence-corrected chi connectivity index (χ1v) is 10.2. The summed E-state index contributed by atoms with van der Waals surface area (Å²) in [4.78, 5) is 23.8. The molecule has 0 saturated carbocycles. The fourth-order valence-corrected chi connectivity index (χ4v) is 3.44. The highest BCUT2D eigenvalue weighted by Crippen LogP contribution is 2.20. The van der Waals surface area contributed by atoms with Crippen LogP contribution in [0.25, 0.3) is 10.8 Å². The van der Waals surface area contributed by atoms with E-state index in [1.165, 1.54) is 0 Å². The number of hydrogen-bond acceptors (Lipinski definition) is 3. The fourth-order valence-electron chi connectivity index (χ4n) is 3.44. The van der Waals surface area contributed by atoms with Crippen LogP contribution in [0.4, 0.5) is 0 Å². The van der Waals surface area contributed by atoms with Crippen molar-refractivity contribution in [2.45, 2.75) is 63.8 Å². The summed E-state index contributed by atoms with van der Waals surface area (Å²) in [5, 5.41) is 23.0. The van der Waals surface area contributed by atoms with Gasteiger partial charge in [-0.1, -0.05) is 74.6 Å². The lowest BCUT2D eigenvalue weighted by Gasteiger charge is -2.16. The van der Waals surface area contributed by atoms with Crippen LogP contribution in [0.2, 0.25) is 0 Å². The van der Waals surface area contributed by atoms with Crippen molar-refractivity contribution in [3.05, 3.63) is 48.0 Å². The molecule has 0 aliphatic rings. The van der Waals surface area contributed by atoms with Crippen molar-refractivity contribution in [1.29, 1.82) is 0 Å². The third-order valence-electron chi connectivity index (χ3n) is 5.00. The van der Waals surface area contributed by atoms with Gasteiger partial charge in [0.05, 0.1) is 0 Å². The van der Waals surface area contributed by atoms with E-state index in [1.54, 1.807) is 0 Å². The summed E-state index contributed by atoms with van der Waals surface area (Å²) in [6, 6.07) is 12.8. The van der Waals surface area contributed by atoms with Crippen LogP contribution in [-0.4, -0.2) is 34.7 Å². The molecule has 0 saturated heterocycles. The van der Waals surface area contributed by atoms with E-state index >= 15 is 0 Å². The SMILES string of the molecule is O=C(CCCCCCCCCO)NC(Cc1cccc2ccccc12)C(=O)O. The first kappa shape index (κ1) is 21.9. The van der Waals surface area contributed by atoms with E-state index in [1.807, 2.05) is 42.5 Å². The van der Waals surface area contributed by atoms with Crippen LogP contribution in [0.1, 0.15) is 56.9 Å². The van der Waals surface area contributed by atoms with Gasteiger partial charge < -0.3 is 15.5 Å². The summed E-state index contributed by atoms with van der Waals surface area (Å²) in [6.07, 6.45) is 7.56. The summed E-state index contributed by atoms with van der Waals surface area (Å²) >= 11 is 0. The number of aliphatic hydroxyl groups excluding tert-OH is 1. The maximum absolute atomic E-state index is 12.2. The average molecular weight is 386 g/mol. The minimum absolute atomic E-state index is 0.201. The van der Waals surface area contributed by atoms with Gasteiger partial charge in [-0.15, -0.1) is 0 Å². The third kappa shape index (κ3) is 7.31. The molecule has 0 fully saturated rings. The van der Waals surface area contributed by atoms with Crippen molar-refractivity contribution in [3.8, 4) is 0 Å². The molecule has 0 aliphatic carbocycles. The number of carbonyl (C=O) groups is 2. The molecule has 2 aromatic carbocycles. The summed E-state index contributed by atoms with van der Waals surface area (Å²) in [5.74, 6) is -1.21. The number of carbonyl (C=O) groups excluding carboxylic acids is 1. The fraction of sp³-hybridized carbons (Fsp3) is 0.478. The lowest BCUT2D eigenvalue weighted by Crippen LogP contribution is -2.42. The Morgan fingerprint density at radius 3 is 2.21 bits per heavy atom. The molecule has 5 nitrogen and oxygen atoms in total. The highest BCUT2D eigenvalue weighted by atomic mass is 16.4. The molecule has 0 bridgehead atoms. The topological polar surface area (TPSA) is 86.6 Å². The van der Waals surface area contributed by atoms with Gasteiger partial charge in [0.1, 0.15) is 6.04 Å². The Morgan fingerprint density at radius 2 is 1.50 bits per heavy atom. The Kier molecular flexibility index (Phi) is 9.49. The zero-order valence-corrected chi connectivity index (χ0v) is 16.4. The monoisotopic (exact) mass is 385 g/mol. The standard InChI is InChI=1S/C23H31NO4/c25-16-9-5-3-1-2-4-6-15-22(26)24-21(23(27)28)17-19-13-10-12-18-11-7-8-14-20(18)19/h7-8,10-14,21,25H,1-6,9,15-17H2,(H,24,26)(H,27,28). The van der Waals surface area contributed by atoms with Crippen LogP contribution in [0.5, 0.6) is 0 Å². The van der Waals surface area contributed by atoms with Gasteiger partial charge in [0.2, 0.25) is 5.91 Å². The molecule has 0 aromatic heterocycles. The maximum Gasteiger partial charge on any atom is 0.326 e. The van der Waals surface area contributed by atoms with Crippen molar-refractivity contribution in [3.63, 3.8) is 0 Å². The smallest absolute Gasteiger partial charge is 0.326 e. The van der Waals surface area contributed by atoms with Crippen LogP contribution in [-0.2, 0) is 16.0 Å². The van der Waals surface area contributed by atoms with Crippen LogP contribution >= 0.6 is 0 Å². The molecule has 0 heterocycles. The van der Waals surface area contributed by atoms with E-state index in [0.717, 1.165) is 61.3 Å². The van der Waals surface area contributed by atoms with E-state index in [4.69, 9.17) is 5.11 Å². The van der Waals surface area contributed by atoms with Crippen LogP contribution in [0.3, 0.4) is 0 Å². The molecular formula is C23H31NO4. The number of unbranched alkanes of at least 4 members (excludes halogenated alkanes) is 6. The molecule has 1 atom stereocenters. The van der Waals surface area contributed by atoms with E-state index in [2.05, 4.69) is 5.32 Å². The molecule has 1 amide bonds. The minimum atomic E-state index is -1.01. The van der Waals surface area contributed by atoms with Crippen molar-refractivity contribution in [1.82, 2.24) is 5.32 Å². The molecule has 1 unspecified atom stereocenters. The molecule has 5 heteroatoms. The molecule has 152 valence electrons. The lowest BCUT2D eigenvalue weighted by atomic mass is 9.98. The van der Waals surface area contributed by atoms with E-state index in [-0.39, 0.29) is 18.9 Å². The zero-order valence-electron chi connectivity index (χ0n) is 16.4. The largest absolute Gasteiger partial charge is 0.480 e. The van der Waals surface area contributed by atoms with Gasteiger partial charge in [0.25, 0.3) is 0 Å². The number of amides is 1. The Bertz CT molecular complexity index is 754. The van der Waals surface area contributed by atoms with Gasteiger partial charge in [-0.2, -0.15) is 0 Å². The van der Waals surface area contributed by atoms with Gasteiger partial charge in [-0.25, -0.2) is 4.79 Å². The van der Waals surface area contributed by atoms with Crippen molar-refractivity contribution < 1.29 is 19.8 Å². The van der Waals surface area contributed by atoms with Gasteiger partial charge in [0.15, 0.2) is 0 Å². The lowest BCUT2D eigenvalue weighted by molar-refractivity contribution is -0.141. The van der Waals surface area contributed by atoms with Gasteiger partial charge in [-0.3, -0.25) is 4.79 Å². The first-order chi connectivity index (χ1) is 13.6. The highest BCUT2D eigenvalue weighted by Gasteiger charge is 2.21. The molecule has 28 heavy (non-hydrogen) atoms. The van der Waals surface area contributed by atoms with E-state index < -0.39 is 12.0 Å². The molecule has 3 N–H and O–H groups in total. The Balaban J connectivity index is 1.79. The predicted molar refractivity (Wildman–Crippen MR) is 111 cm³/mol. The Morgan fingerprint density at radius 1 is 0.857 bits per heavy atom. The van der Waals surface area contributed by atoms with Gasteiger partial charge in [-0.05, 0) is 29.2 Å². The molecule has 2 rings (SSSR count). The number of hydrogen-bond donors (Lipinski definition) is 3. The molecular weight excluding hydrogens is 354 g/mol. The molecule has 2 aromatic rings. The summed E-state index contributed by atoms with van der Waals surface area (Å²) in [5.41, 5.74) is 0.925. The Hall–Kier alpha value is -2.40. The van der Waals surface area contributed by atoms with E-state index in [0.29, 0.717) is 6.42 Å². The summed E-state index contributed by atoms with van der Waals surface area (Å²) < 4.78 is 0. The van der Waals surface area contributed by atoms with Crippen LogP contribution < -0.4 is 5.32 Å². The number of aliphatic carboxylic acids is 1. The molecule has 0 radical (unpaired) electrons. The normalized spacial score (nSPS) is 12.0.